The molecule has 0 saturated heterocycles. The van der Waals surface area contributed by atoms with Crippen molar-refractivity contribution in [2.24, 2.45) is 7.05 Å². The first-order valence-corrected chi connectivity index (χ1v) is 6.44. The Balaban J connectivity index is 2.24. The summed E-state index contributed by atoms with van der Waals surface area (Å²) in [6.07, 6.45) is 10.3. The monoisotopic (exact) mass is 252 g/mol. The third-order valence-electron chi connectivity index (χ3n) is 3.13. The van der Waals surface area contributed by atoms with Crippen LogP contribution in [0.1, 0.15) is 34.0 Å². The summed E-state index contributed by atoms with van der Waals surface area (Å²) in [7, 11) is 2.03. The van der Waals surface area contributed by atoms with Gasteiger partial charge in [-0.1, -0.05) is 43.3 Å². The smallest absolute Gasteiger partial charge is 0.172 e. The molecule has 2 rings (SSSR count). The van der Waals surface area contributed by atoms with Crippen LogP contribution in [0.5, 0.6) is 0 Å². The van der Waals surface area contributed by atoms with Gasteiger partial charge in [-0.25, -0.2) is 4.57 Å². The molecule has 2 aromatic rings. The van der Waals surface area contributed by atoms with Crippen molar-refractivity contribution in [2.45, 2.75) is 13.3 Å². The van der Waals surface area contributed by atoms with Gasteiger partial charge >= 0.3 is 0 Å². The topological polar surface area (TPSA) is 20.9 Å². The lowest BCUT2D eigenvalue weighted by Crippen LogP contribution is -2.27. The van der Waals surface area contributed by atoms with Crippen LogP contribution in [0.3, 0.4) is 0 Å². The van der Waals surface area contributed by atoms with Crippen molar-refractivity contribution in [1.82, 2.24) is 0 Å². The predicted molar refractivity (Wildman–Crippen MR) is 77.8 cm³/mol. The molecule has 0 saturated carbocycles. The van der Waals surface area contributed by atoms with Crippen LogP contribution in [-0.2, 0) is 13.5 Å². The minimum Gasteiger partial charge on any atom is -0.298 e. The Morgan fingerprint density at radius 3 is 2.37 bits per heavy atom. The first-order valence-electron chi connectivity index (χ1n) is 6.44. The maximum atomic E-state index is 10.6. The largest absolute Gasteiger partial charge is 0.298 e. The predicted octanol–water partition coefficient (Wildman–Crippen LogP) is 3.06. The molecular formula is C17H18NO+. The summed E-state index contributed by atoms with van der Waals surface area (Å²) in [6.45, 7) is 2.16. The molecule has 0 atom stereocenters. The van der Waals surface area contributed by atoms with E-state index >= 15 is 0 Å². The van der Waals surface area contributed by atoms with E-state index in [0.717, 1.165) is 18.3 Å². The molecule has 0 fully saturated rings. The summed E-state index contributed by atoms with van der Waals surface area (Å²) >= 11 is 0. The number of aldehydes is 1. The average Bonchev–Trinajstić information content (AvgIpc) is 2.46. The molecule has 1 heterocycles. The van der Waals surface area contributed by atoms with Gasteiger partial charge in [-0.15, -0.1) is 0 Å². The molecule has 0 spiro atoms. The van der Waals surface area contributed by atoms with Gasteiger partial charge < -0.3 is 0 Å². The normalized spacial score (nSPS) is 10.8. The second-order valence-corrected chi connectivity index (χ2v) is 4.56. The number of aryl methyl sites for hydroxylation is 2. The van der Waals surface area contributed by atoms with Gasteiger partial charge in [0.15, 0.2) is 12.4 Å². The molecule has 0 unspecified atom stereocenters. The fraction of sp³-hybridized carbons (Fsp3) is 0.176. The Morgan fingerprint density at radius 1 is 1.05 bits per heavy atom. The molecule has 0 bridgehead atoms. The molecule has 0 aliphatic carbocycles. The Bertz CT molecular complexity index is 597. The Morgan fingerprint density at radius 2 is 1.74 bits per heavy atom. The summed E-state index contributed by atoms with van der Waals surface area (Å²) in [5.41, 5.74) is 4.37. The maximum Gasteiger partial charge on any atom is 0.172 e. The lowest BCUT2D eigenvalue weighted by molar-refractivity contribution is -0.671. The minimum atomic E-state index is 0.707. The molecule has 0 radical (unpaired) electrons. The minimum absolute atomic E-state index is 0.707. The van der Waals surface area contributed by atoms with E-state index in [1.54, 1.807) is 0 Å². The number of carbonyl (C=O) groups excluding carboxylic acids is 1. The number of benzene rings is 1. The highest BCUT2D eigenvalue weighted by molar-refractivity contribution is 5.76. The summed E-state index contributed by atoms with van der Waals surface area (Å²) in [4.78, 5) is 10.6. The number of aromatic nitrogens is 1. The second kappa shape index (κ2) is 6.10. The average molecular weight is 252 g/mol. The summed E-state index contributed by atoms with van der Waals surface area (Å²) < 4.78 is 2.06. The van der Waals surface area contributed by atoms with Crippen LogP contribution in [0.15, 0.2) is 42.7 Å². The van der Waals surface area contributed by atoms with Crippen molar-refractivity contribution in [1.29, 1.82) is 0 Å². The van der Waals surface area contributed by atoms with E-state index in [9.17, 15) is 4.79 Å². The van der Waals surface area contributed by atoms with Crippen LogP contribution in [0.4, 0.5) is 0 Å². The van der Waals surface area contributed by atoms with Gasteiger partial charge in [-0.2, -0.15) is 0 Å². The van der Waals surface area contributed by atoms with Crippen molar-refractivity contribution < 1.29 is 9.36 Å². The highest BCUT2D eigenvalue weighted by Crippen LogP contribution is 2.12. The Hall–Kier alpha value is -2.22. The molecular weight excluding hydrogens is 234 g/mol. The van der Waals surface area contributed by atoms with Gasteiger partial charge in [0.1, 0.15) is 13.3 Å². The number of carbonyl (C=O) groups is 1. The standard InChI is InChI=1S/C17H18NO/c1-3-16-12-18(2)11-10-17(16)9-8-14-4-6-15(13-19)7-5-14/h4-13H,3H2,1-2H3/q+1/b9-8+. The van der Waals surface area contributed by atoms with Crippen LogP contribution < -0.4 is 4.57 Å². The Kier molecular flexibility index (Phi) is 4.24. The van der Waals surface area contributed by atoms with E-state index in [2.05, 4.69) is 35.9 Å². The van der Waals surface area contributed by atoms with E-state index in [1.807, 2.05) is 37.5 Å². The molecule has 19 heavy (non-hydrogen) atoms. The number of pyridine rings is 1. The molecule has 96 valence electrons. The number of nitrogens with zero attached hydrogens (tertiary/aromatic N) is 1. The maximum absolute atomic E-state index is 10.6. The fourth-order valence-electron chi connectivity index (χ4n) is 2.00. The quantitative estimate of drug-likeness (QED) is 0.605. The number of rotatable bonds is 4. The molecule has 0 aliphatic heterocycles. The first-order chi connectivity index (χ1) is 9.22. The number of hydrogen-bond donors (Lipinski definition) is 0. The lowest BCUT2D eigenvalue weighted by atomic mass is 10.1. The zero-order valence-electron chi connectivity index (χ0n) is 11.3. The van der Waals surface area contributed by atoms with E-state index in [4.69, 9.17) is 0 Å². The number of hydrogen-bond acceptors (Lipinski definition) is 1. The lowest BCUT2D eigenvalue weighted by Gasteiger charge is -2.01. The first kappa shape index (κ1) is 13.2. The van der Waals surface area contributed by atoms with Gasteiger partial charge in [0, 0.05) is 17.2 Å². The van der Waals surface area contributed by atoms with E-state index < -0.39 is 0 Å². The van der Waals surface area contributed by atoms with Crippen molar-refractivity contribution >= 4 is 18.4 Å². The van der Waals surface area contributed by atoms with Crippen molar-refractivity contribution in [3.8, 4) is 0 Å². The van der Waals surface area contributed by atoms with Gasteiger partial charge in [-0.05, 0) is 17.5 Å². The molecule has 2 heteroatoms. The van der Waals surface area contributed by atoms with Crippen LogP contribution >= 0.6 is 0 Å². The zero-order valence-corrected chi connectivity index (χ0v) is 11.3. The van der Waals surface area contributed by atoms with Crippen molar-refractivity contribution in [2.75, 3.05) is 0 Å². The van der Waals surface area contributed by atoms with Gasteiger partial charge in [0.25, 0.3) is 0 Å². The van der Waals surface area contributed by atoms with Crippen molar-refractivity contribution in [3.63, 3.8) is 0 Å². The summed E-state index contributed by atoms with van der Waals surface area (Å²) in [6, 6.07) is 9.69. The van der Waals surface area contributed by atoms with Crippen LogP contribution in [0.25, 0.3) is 12.2 Å². The van der Waals surface area contributed by atoms with Crippen LogP contribution in [0, 0.1) is 0 Å². The SMILES string of the molecule is CCc1c[n+](C)ccc1/C=C/c1ccc(C=O)cc1. The van der Waals surface area contributed by atoms with Crippen molar-refractivity contribution in [3.05, 3.63) is 65.0 Å². The molecule has 0 amide bonds. The molecule has 0 N–H and O–H groups in total. The fourth-order valence-corrected chi connectivity index (χ4v) is 2.00. The van der Waals surface area contributed by atoms with Gasteiger partial charge in [0.05, 0.1) is 0 Å². The summed E-state index contributed by atoms with van der Waals surface area (Å²) in [5.74, 6) is 0. The molecule has 0 aliphatic rings. The highest BCUT2D eigenvalue weighted by atomic mass is 16.1. The highest BCUT2D eigenvalue weighted by Gasteiger charge is 2.02. The van der Waals surface area contributed by atoms with Crippen LogP contribution in [0.2, 0.25) is 0 Å². The van der Waals surface area contributed by atoms with E-state index in [0.29, 0.717) is 5.56 Å². The van der Waals surface area contributed by atoms with Gasteiger partial charge in [0.2, 0.25) is 0 Å². The summed E-state index contributed by atoms with van der Waals surface area (Å²) in [5, 5.41) is 0. The molecule has 1 aromatic heterocycles. The van der Waals surface area contributed by atoms with E-state index in [-0.39, 0.29) is 0 Å². The third kappa shape index (κ3) is 3.38. The third-order valence-corrected chi connectivity index (χ3v) is 3.13. The van der Waals surface area contributed by atoms with Gasteiger partial charge in [-0.3, -0.25) is 4.79 Å². The molecule has 2 nitrogen and oxygen atoms in total. The Labute approximate surface area is 114 Å². The van der Waals surface area contributed by atoms with E-state index in [1.165, 1.54) is 11.1 Å². The zero-order chi connectivity index (χ0) is 13.7. The molecule has 1 aromatic carbocycles. The van der Waals surface area contributed by atoms with Crippen LogP contribution in [-0.4, -0.2) is 6.29 Å². The second-order valence-electron chi connectivity index (χ2n) is 4.56.